The van der Waals surface area contributed by atoms with E-state index in [1.54, 1.807) is 0 Å². The van der Waals surface area contributed by atoms with Crippen molar-refractivity contribution in [1.29, 1.82) is 0 Å². The molecule has 1 nitrogen and oxygen atoms in total. The van der Waals surface area contributed by atoms with E-state index >= 15 is 0 Å². The SMILES string of the molecule is SOCC1CC1. The van der Waals surface area contributed by atoms with Crippen molar-refractivity contribution >= 4 is 12.9 Å². The molecule has 0 amide bonds. The summed E-state index contributed by atoms with van der Waals surface area (Å²) in [5.74, 6) is 0.850. The van der Waals surface area contributed by atoms with Crippen molar-refractivity contribution in [2.45, 2.75) is 12.8 Å². The molecule has 0 saturated heterocycles. The molecule has 0 aromatic heterocycles. The molecule has 0 N–H and O–H groups in total. The van der Waals surface area contributed by atoms with Gasteiger partial charge in [0.25, 0.3) is 0 Å². The lowest BCUT2D eigenvalue weighted by atomic mass is 10.5. The average molecular weight is 104 g/mol. The summed E-state index contributed by atoms with van der Waals surface area (Å²) in [7, 11) is 0. The van der Waals surface area contributed by atoms with Crippen LogP contribution in [0.2, 0.25) is 0 Å². The molecule has 0 unspecified atom stereocenters. The van der Waals surface area contributed by atoms with Crippen LogP contribution in [0.1, 0.15) is 12.8 Å². The molecule has 0 spiro atoms. The van der Waals surface area contributed by atoms with E-state index in [0.717, 1.165) is 12.5 Å². The Morgan fingerprint density at radius 1 is 1.67 bits per heavy atom. The highest BCUT2D eigenvalue weighted by atomic mass is 32.1. The normalized spacial score (nSPS) is 21.5. The highest BCUT2D eigenvalue weighted by Crippen LogP contribution is 2.28. The van der Waals surface area contributed by atoms with E-state index in [1.165, 1.54) is 12.8 Å². The Hall–Kier alpha value is 0.310. The number of thiol groups is 1. The summed E-state index contributed by atoms with van der Waals surface area (Å²) in [6.45, 7) is 0.850. The highest BCUT2D eigenvalue weighted by Gasteiger charge is 2.20. The molecular formula is C4H8OS. The van der Waals surface area contributed by atoms with Crippen LogP contribution in [0.15, 0.2) is 0 Å². The predicted molar refractivity (Wildman–Crippen MR) is 27.7 cm³/mol. The molecule has 1 aliphatic rings. The van der Waals surface area contributed by atoms with E-state index in [9.17, 15) is 0 Å². The monoisotopic (exact) mass is 104 g/mol. The zero-order valence-corrected chi connectivity index (χ0v) is 4.45. The molecule has 36 valence electrons. The van der Waals surface area contributed by atoms with Crippen LogP contribution in [0.25, 0.3) is 0 Å². The Morgan fingerprint density at radius 3 is 2.50 bits per heavy atom. The maximum absolute atomic E-state index is 4.56. The van der Waals surface area contributed by atoms with E-state index < -0.39 is 0 Å². The first-order valence-corrected chi connectivity index (χ1v) is 2.56. The van der Waals surface area contributed by atoms with Crippen molar-refractivity contribution in [1.82, 2.24) is 0 Å². The Morgan fingerprint density at radius 2 is 2.33 bits per heavy atom. The smallest absolute Gasteiger partial charge is 0.0638 e. The van der Waals surface area contributed by atoms with Gasteiger partial charge in [0.2, 0.25) is 0 Å². The first-order chi connectivity index (χ1) is 2.93. The lowest BCUT2D eigenvalue weighted by molar-refractivity contribution is 0.359. The van der Waals surface area contributed by atoms with E-state index in [4.69, 9.17) is 0 Å². The largest absolute Gasteiger partial charge is 0.318 e. The van der Waals surface area contributed by atoms with E-state index in [0.29, 0.717) is 0 Å². The molecule has 1 aliphatic carbocycles. The standard InChI is InChI=1S/C4H8OS/c6-5-3-4-1-2-4/h4,6H,1-3H2. The second-order valence-electron chi connectivity index (χ2n) is 1.74. The third-order valence-electron chi connectivity index (χ3n) is 1.01. The molecule has 1 saturated carbocycles. The minimum atomic E-state index is 0.850. The van der Waals surface area contributed by atoms with Gasteiger partial charge in [0.05, 0.1) is 6.61 Å². The van der Waals surface area contributed by atoms with Crippen molar-refractivity contribution in [3.05, 3.63) is 0 Å². The van der Waals surface area contributed by atoms with Crippen molar-refractivity contribution in [2.75, 3.05) is 6.61 Å². The van der Waals surface area contributed by atoms with Gasteiger partial charge < -0.3 is 4.18 Å². The topological polar surface area (TPSA) is 9.23 Å². The van der Waals surface area contributed by atoms with Gasteiger partial charge in [-0.3, -0.25) is 0 Å². The number of hydrogen-bond donors (Lipinski definition) is 1. The predicted octanol–water partition coefficient (Wildman–Crippen LogP) is 1.26. The maximum Gasteiger partial charge on any atom is 0.0638 e. The van der Waals surface area contributed by atoms with Gasteiger partial charge in [-0.1, -0.05) is 0 Å². The van der Waals surface area contributed by atoms with Crippen LogP contribution in [0.4, 0.5) is 0 Å². The summed E-state index contributed by atoms with van der Waals surface area (Å²) in [5, 5.41) is 0. The fourth-order valence-electron chi connectivity index (χ4n) is 0.390. The highest BCUT2D eigenvalue weighted by molar-refractivity contribution is 7.75. The summed E-state index contributed by atoms with van der Waals surface area (Å²) in [4.78, 5) is 0. The molecule has 0 aliphatic heterocycles. The molecular weight excluding hydrogens is 96.1 g/mol. The minimum Gasteiger partial charge on any atom is -0.318 e. The van der Waals surface area contributed by atoms with Crippen molar-refractivity contribution < 1.29 is 4.18 Å². The maximum atomic E-state index is 4.56. The van der Waals surface area contributed by atoms with Crippen LogP contribution in [0.3, 0.4) is 0 Å². The molecule has 1 rings (SSSR count). The van der Waals surface area contributed by atoms with Crippen molar-refractivity contribution in [2.24, 2.45) is 5.92 Å². The van der Waals surface area contributed by atoms with Crippen LogP contribution >= 0.6 is 12.9 Å². The summed E-state index contributed by atoms with van der Waals surface area (Å²) in [5.41, 5.74) is 0. The molecule has 1 fully saturated rings. The quantitative estimate of drug-likeness (QED) is 0.410. The second-order valence-corrected chi connectivity index (χ2v) is 2.00. The van der Waals surface area contributed by atoms with Gasteiger partial charge in [-0.05, 0) is 31.7 Å². The average Bonchev–Trinajstić information content (AvgIpc) is 2.21. The molecule has 6 heavy (non-hydrogen) atoms. The van der Waals surface area contributed by atoms with Crippen LogP contribution in [0.5, 0.6) is 0 Å². The van der Waals surface area contributed by atoms with Crippen LogP contribution in [0, 0.1) is 5.92 Å². The zero-order chi connectivity index (χ0) is 4.41. The van der Waals surface area contributed by atoms with Crippen molar-refractivity contribution in [3.63, 3.8) is 0 Å². The summed E-state index contributed by atoms with van der Waals surface area (Å²) >= 11 is 3.60. The van der Waals surface area contributed by atoms with E-state index in [1.807, 2.05) is 0 Å². The van der Waals surface area contributed by atoms with Crippen molar-refractivity contribution in [3.8, 4) is 0 Å². The van der Waals surface area contributed by atoms with Gasteiger partial charge in [0.1, 0.15) is 0 Å². The first-order valence-electron chi connectivity index (χ1n) is 2.20. The number of hydrogen-bond acceptors (Lipinski definition) is 2. The fourth-order valence-corrected chi connectivity index (χ4v) is 0.601. The second kappa shape index (κ2) is 1.85. The molecule has 0 bridgehead atoms. The first kappa shape index (κ1) is 4.47. The molecule has 0 radical (unpaired) electrons. The Labute approximate surface area is 43.3 Å². The molecule has 0 heterocycles. The Balaban J connectivity index is 1.88. The molecule has 0 aromatic rings. The van der Waals surface area contributed by atoms with Gasteiger partial charge in [-0.15, -0.1) is 0 Å². The summed E-state index contributed by atoms with van der Waals surface area (Å²) < 4.78 is 4.56. The van der Waals surface area contributed by atoms with E-state index in [2.05, 4.69) is 17.1 Å². The van der Waals surface area contributed by atoms with E-state index in [-0.39, 0.29) is 0 Å². The summed E-state index contributed by atoms with van der Waals surface area (Å²) in [6.07, 6.45) is 2.70. The van der Waals surface area contributed by atoms with Gasteiger partial charge in [0.15, 0.2) is 0 Å². The molecule has 2 heteroatoms. The Kier molecular flexibility index (Phi) is 1.37. The lowest BCUT2D eigenvalue weighted by Crippen LogP contribution is -1.82. The number of rotatable bonds is 2. The van der Waals surface area contributed by atoms with Crippen LogP contribution in [-0.4, -0.2) is 6.61 Å². The van der Waals surface area contributed by atoms with Gasteiger partial charge in [-0.2, -0.15) is 0 Å². The van der Waals surface area contributed by atoms with Crippen LogP contribution in [-0.2, 0) is 4.18 Å². The lowest BCUT2D eigenvalue weighted by Gasteiger charge is -1.85. The molecule has 0 atom stereocenters. The Bertz CT molecular complexity index is 42.8. The summed E-state index contributed by atoms with van der Waals surface area (Å²) in [6, 6.07) is 0. The molecule has 0 aromatic carbocycles. The van der Waals surface area contributed by atoms with Gasteiger partial charge in [0, 0.05) is 0 Å². The fraction of sp³-hybridized carbons (Fsp3) is 1.00. The minimum absolute atomic E-state index is 0.850. The van der Waals surface area contributed by atoms with Crippen LogP contribution < -0.4 is 0 Å². The van der Waals surface area contributed by atoms with Gasteiger partial charge >= 0.3 is 0 Å². The zero-order valence-electron chi connectivity index (χ0n) is 3.55. The van der Waals surface area contributed by atoms with Gasteiger partial charge in [-0.25, -0.2) is 0 Å². The third-order valence-corrected chi connectivity index (χ3v) is 1.16. The third kappa shape index (κ3) is 1.19.